The molecule has 2 aromatic heterocycles. The zero-order chi connectivity index (χ0) is 14.3. The third-order valence-corrected chi connectivity index (χ3v) is 2.88. The van der Waals surface area contributed by atoms with Gasteiger partial charge in [0.25, 0.3) is 0 Å². The summed E-state index contributed by atoms with van der Waals surface area (Å²) < 4.78 is 19.1. The number of benzene rings is 1. The van der Waals surface area contributed by atoms with Gasteiger partial charge in [0.05, 0.1) is 0 Å². The number of hydrogen-bond acceptors (Lipinski definition) is 5. The smallest absolute Gasteiger partial charge is 0.229 e. The lowest BCUT2D eigenvalue weighted by atomic mass is 10.2. The number of hydrogen-bond donors (Lipinski definition) is 0. The summed E-state index contributed by atoms with van der Waals surface area (Å²) >= 11 is 5.87. The van der Waals surface area contributed by atoms with Crippen molar-refractivity contribution in [1.82, 2.24) is 15.0 Å². The average molecular weight is 293 g/mol. The van der Waals surface area contributed by atoms with Gasteiger partial charge in [0, 0.05) is 19.5 Å². The van der Waals surface area contributed by atoms with Crippen LogP contribution < -0.4 is 4.90 Å². The summed E-state index contributed by atoms with van der Waals surface area (Å²) in [5.41, 5.74) is 0.172. The van der Waals surface area contributed by atoms with E-state index in [2.05, 4.69) is 15.0 Å². The highest BCUT2D eigenvalue weighted by molar-refractivity contribution is 6.28. The fraction of sp³-hybridized carbons (Fsp3) is 0.154. The Labute approximate surface area is 119 Å². The SMILES string of the molecule is CN(C)c1nc(Cl)nc(-c2cc3cccc(F)c3o2)n1. The predicted molar refractivity (Wildman–Crippen MR) is 74.3 cm³/mol. The van der Waals surface area contributed by atoms with Crippen LogP contribution in [0.2, 0.25) is 5.28 Å². The molecule has 0 atom stereocenters. The van der Waals surface area contributed by atoms with Crippen molar-refractivity contribution in [3.8, 4) is 11.6 Å². The molecular formula is C13H10ClFN4O. The summed E-state index contributed by atoms with van der Waals surface area (Å²) in [5.74, 6) is 0.587. The number of fused-ring (bicyclic) bond motifs is 1. The largest absolute Gasteiger partial charge is 0.450 e. The minimum Gasteiger partial charge on any atom is -0.450 e. The number of nitrogens with zero attached hydrogens (tertiary/aromatic N) is 4. The van der Waals surface area contributed by atoms with E-state index in [9.17, 15) is 4.39 Å². The van der Waals surface area contributed by atoms with Gasteiger partial charge in [-0.15, -0.1) is 0 Å². The van der Waals surface area contributed by atoms with Gasteiger partial charge in [-0.25, -0.2) is 4.39 Å². The summed E-state index contributed by atoms with van der Waals surface area (Å²) in [6.07, 6.45) is 0. The Morgan fingerprint density at radius 1 is 1.20 bits per heavy atom. The highest BCUT2D eigenvalue weighted by Crippen LogP contribution is 2.28. The lowest BCUT2D eigenvalue weighted by Gasteiger charge is -2.09. The van der Waals surface area contributed by atoms with Crippen LogP contribution in [0.1, 0.15) is 0 Å². The van der Waals surface area contributed by atoms with Crippen LogP contribution >= 0.6 is 11.6 Å². The van der Waals surface area contributed by atoms with Crippen molar-refractivity contribution in [2.24, 2.45) is 0 Å². The first-order valence-corrected chi connectivity index (χ1v) is 6.20. The second-order valence-corrected chi connectivity index (χ2v) is 4.73. The molecule has 0 aliphatic rings. The molecule has 7 heteroatoms. The summed E-state index contributed by atoms with van der Waals surface area (Å²) in [4.78, 5) is 13.9. The van der Waals surface area contributed by atoms with Gasteiger partial charge in [0.2, 0.25) is 17.1 Å². The lowest BCUT2D eigenvalue weighted by molar-refractivity contribution is 0.566. The van der Waals surface area contributed by atoms with E-state index in [0.29, 0.717) is 17.1 Å². The highest BCUT2D eigenvalue weighted by atomic mass is 35.5. The molecule has 20 heavy (non-hydrogen) atoms. The fourth-order valence-electron chi connectivity index (χ4n) is 1.79. The van der Waals surface area contributed by atoms with E-state index in [4.69, 9.17) is 16.0 Å². The molecule has 5 nitrogen and oxygen atoms in total. The van der Waals surface area contributed by atoms with E-state index in [-0.39, 0.29) is 16.7 Å². The Balaban J connectivity index is 2.17. The van der Waals surface area contributed by atoms with E-state index in [1.165, 1.54) is 6.07 Å². The lowest BCUT2D eigenvalue weighted by Crippen LogP contribution is -2.13. The van der Waals surface area contributed by atoms with Crippen molar-refractivity contribution >= 4 is 28.5 Å². The van der Waals surface area contributed by atoms with Crippen LogP contribution in [-0.2, 0) is 0 Å². The summed E-state index contributed by atoms with van der Waals surface area (Å²) in [6, 6.07) is 6.37. The molecule has 0 aliphatic carbocycles. The van der Waals surface area contributed by atoms with Crippen molar-refractivity contribution in [2.45, 2.75) is 0 Å². The summed E-state index contributed by atoms with van der Waals surface area (Å²) in [6.45, 7) is 0. The van der Waals surface area contributed by atoms with Crippen LogP contribution in [-0.4, -0.2) is 29.0 Å². The first-order valence-electron chi connectivity index (χ1n) is 5.82. The van der Waals surface area contributed by atoms with Gasteiger partial charge in [-0.3, -0.25) is 0 Å². The second-order valence-electron chi connectivity index (χ2n) is 4.39. The monoisotopic (exact) mass is 292 g/mol. The highest BCUT2D eigenvalue weighted by Gasteiger charge is 2.14. The van der Waals surface area contributed by atoms with Crippen LogP contribution in [0.25, 0.3) is 22.6 Å². The molecule has 0 amide bonds. The molecule has 0 saturated carbocycles. The topological polar surface area (TPSA) is 55.1 Å². The molecule has 2 heterocycles. The van der Waals surface area contributed by atoms with Crippen molar-refractivity contribution in [3.63, 3.8) is 0 Å². The molecule has 3 aromatic rings. The van der Waals surface area contributed by atoms with Crippen LogP contribution in [0.3, 0.4) is 0 Å². The molecule has 0 spiro atoms. The Hall–Kier alpha value is -2.21. The molecule has 0 aliphatic heterocycles. The Morgan fingerprint density at radius 2 is 2.00 bits per heavy atom. The number of aromatic nitrogens is 3. The van der Waals surface area contributed by atoms with Gasteiger partial charge in [-0.1, -0.05) is 12.1 Å². The Morgan fingerprint density at radius 3 is 2.70 bits per heavy atom. The van der Waals surface area contributed by atoms with Gasteiger partial charge in [-0.05, 0) is 23.7 Å². The fourth-order valence-corrected chi connectivity index (χ4v) is 1.94. The third-order valence-electron chi connectivity index (χ3n) is 2.71. The molecule has 0 radical (unpaired) electrons. The van der Waals surface area contributed by atoms with E-state index in [0.717, 1.165) is 0 Å². The van der Waals surface area contributed by atoms with Crippen molar-refractivity contribution < 1.29 is 8.81 Å². The molecule has 0 N–H and O–H groups in total. The second kappa shape index (κ2) is 4.72. The van der Waals surface area contributed by atoms with Gasteiger partial charge < -0.3 is 9.32 Å². The van der Waals surface area contributed by atoms with Crippen LogP contribution in [0, 0.1) is 5.82 Å². The average Bonchev–Trinajstić information content (AvgIpc) is 2.83. The third kappa shape index (κ3) is 2.18. The minimum absolute atomic E-state index is 0.0552. The van der Waals surface area contributed by atoms with Crippen LogP contribution in [0.5, 0.6) is 0 Å². The van der Waals surface area contributed by atoms with Gasteiger partial charge in [0.15, 0.2) is 17.2 Å². The molecule has 0 fully saturated rings. The zero-order valence-electron chi connectivity index (χ0n) is 10.8. The van der Waals surface area contributed by atoms with E-state index in [1.54, 1.807) is 37.2 Å². The molecular weight excluding hydrogens is 283 g/mol. The number of anilines is 1. The van der Waals surface area contributed by atoms with E-state index >= 15 is 0 Å². The Bertz CT molecular complexity index is 787. The standard InChI is InChI=1S/C13H10ClFN4O/c1-19(2)13-17-11(16-12(14)18-13)9-6-7-4-3-5-8(15)10(7)20-9/h3-6H,1-2H3. The van der Waals surface area contributed by atoms with Gasteiger partial charge in [-0.2, -0.15) is 15.0 Å². The first kappa shape index (κ1) is 12.8. The number of furan rings is 1. The zero-order valence-corrected chi connectivity index (χ0v) is 11.5. The molecule has 0 unspecified atom stereocenters. The van der Waals surface area contributed by atoms with Crippen LogP contribution in [0.4, 0.5) is 10.3 Å². The maximum Gasteiger partial charge on any atom is 0.229 e. The summed E-state index contributed by atoms with van der Waals surface area (Å²) in [5, 5.41) is 0.697. The molecule has 3 rings (SSSR count). The number of para-hydroxylation sites is 1. The quantitative estimate of drug-likeness (QED) is 0.726. The number of halogens is 2. The van der Waals surface area contributed by atoms with E-state index in [1.807, 2.05) is 0 Å². The Kier molecular flexibility index (Phi) is 3.02. The van der Waals surface area contributed by atoms with Crippen molar-refractivity contribution in [1.29, 1.82) is 0 Å². The molecule has 1 aromatic carbocycles. The first-order chi connectivity index (χ1) is 9.54. The molecule has 0 saturated heterocycles. The van der Waals surface area contributed by atoms with Gasteiger partial charge >= 0.3 is 0 Å². The normalized spacial score (nSPS) is 11.0. The summed E-state index contributed by atoms with van der Waals surface area (Å²) in [7, 11) is 3.57. The van der Waals surface area contributed by atoms with Crippen molar-refractivity contribution in [3.05, 3.63) is 35.4 Å². The van der Waals surface area contributed by atoms with E-state index < -0.39 is 5.82 Å². The minimum atomic E-state index is -0.429. The predicted octanol–water partition coefficient (Wildman–Crippen LogP) is 3.14. The van der Waals surface area contributed by atoms with Crippen LogP contribution in [0.15, 0.2) is 28.7 Å². The van der Waals surface area contributed by atoms with Gasteiger partial charge in [0.1, 0.15) is 0 Å². The maximum absolute atomic E-state index is 13.6. The molecule has 102 valence electrons. The molecule has 0 bridgehead atoms. The maximum atomic E-state index is 13.6. The van der Waals surface area contributed by atoms with Crippen molar-refractivity contribution in [2.75, 3.05) is 19.0 Å². The number of rotatable bonds is 2.